The monoisotopic (exact) mass is 288 g/mol. The van der Waals surface area contributed by atoms with Crippen LogP contribution in [0.2, 0.25) is 0 Å². The van der Waals surface area contributed by atoms with E-state index in [-0.39, 0.29) is 31.0 Å². The van der Waals surface area contributed by atoms with Crippen LogP contribution in [0.1, 0.15) is 26.2 Å². The number of anilines is 1. The lowest BCUT2D eigenvalue weighted by atomic mass is 10.0. The summed E-state index contributed by atoms with van der Waals surface area (Å²) < 4.78 is 5.40. The Morgan fingerprint density at radius 1 is 1.33 bits per heavy atom. The highest BCUT2D eigenvalue weighted by Gasteiger charge is 2.30. The smallest absolute Gasteiger partial charge is 0.265 e. The summed E-state index contributed by atoms with van der Waals surface area (Å²) in [6.45, 7) is 2.97. The lowest BCUT2D eigenvalue weighted by Crippen LogP contribution is -2.50. The van der Waals surface area contributed by atoms with E-state index in [0.717, 1.165) is 19.4 Å². The third-order valence-corrected chi connectivity index (χ3v) is 4.22. The van der Waals surface area contributed by atoms with Crippen LogP contribution >= 0.6 is 0 Å². The molecule has 112 valence electrons. The van der Waals surface area contributed by atoms with Gasteiger partial charge in [0.25, 0.3) is 5.91 Å². The van der Waals surface area contributed by atoms with Crippen molar-refractivity contribution < 1.29 is 14.3 Å². The first-order valence-corrected chi connectivity index (χ1v) is 7.48. The number of rotatable bonds is 2. The molecule has 1 unspecified atom stereocenters. The average molecular weight is 288 g/mol. The van der Waals surface area contributed by atoms with E-state index in [2.05, 4.69) is 6.92 Å². The summed E-state index contributed by atoms with van der Waals surface area (Å²) >= 11 is 0. The van der Waals surface area contributed by atoms with Gasteiger partial charge in [0.2, 0.25) is 5.91 Å². The van der Waals surface area contributed by atoms with Gasteiger partial charge >= 0.3 is 0 Å². The van der Waals surface area contributed by atoms with Gasteiger partial charge in [0, 0.05) is 12.6 Å². The molecule has 0 aromatic heterocycles. The molecule has 0 radical (unpaired) electrons. The number of fused-ring (bicyclic) bond motifs is 1. The molecule has 3 rings (SSSR count). The van der Waals surface area contributed by atoms with Gasteiger partial charge in [-0.05, 0) is 38.3 Å². The molecule has 21 heavy (non-hydrogen) atoms. The number of hydrogen-bond acceptors (Lipinski definition) is 3. The highest BCUT2D eigenvalue weighted by Crippen LogP contribution is 2.31. The van der Waals surface area contributed by atoms with Crippen molar-refractivity contribution in [2.24, 2.45) is 0 Å². The summed E-state index contributed by atoms with van der Waals surface area (Å²) in [5.41, 5.74) is 0.687. The number of para-hydroxylation sites is 2. The van der Waals surface area contributed by atoms with E-state index in [1.807, 2.05) is 29.2 Å². The van der Waals surface area contributed by atoms with Crippen molar-refractivity contribution in [2.45, 2.75) is 32.2 Å². The maximum atomic E-state index is 12.5. The summed E-state index contributed by atoms with van der Waals surface area (Å²) in [6, 6.07) is 7.61. The van der Waals surface area contributed by atoms with Crippen molar-refractivity contribution >= 4 is 17.5 Å². The molecule has 1 aromatic carbocycles. The van der Waals surface area contributed by atoms with Gasteiger partial charge in [0.1, 0.15) is 12.3 Å². The summed E-state index contributed by atoms with van der Waals surface area (Å²) in [7, 11) is 0. The zero-order valence-corrected chi connectivity index (χ0v) is 12.2. The first-order chi connectivity index (χ1) is 10.2. The molecule has 1 fully saturated rings. The Balaban J connectivity index is 1.77. The lowest BCUT2D eigenvalue weighted by Gasteiger charge is -2.36. The lowest BCUT2D eigenvalue weighted by molar-refractivity contribution is -0.134. The Kier molecular flexibility index (Phi) is 3.82. The van der Waals surface area contributed by atoms with Crippen LogP contribution in [0.5, 0.6) is 5.75 Å². The van der Waals surface area contributed by atoms with Gasteiger partial charge in [-0.2, -0.15) is 0 Å². The standard InChI is InChI=1S/C16H20N2O3/c1-12-6-4-5-9-17(12)15(19)10-18-13-7-2-3-8-14(13)21-11-16(18)20/h2-3,7-8,12H,4-6,9-11H2,1H3. The normalized spacial score (nSPS) is 21.8. The first-order valence-electron chi connectivity index (χ1n) is 7.48. The van der Waals surface area contributed by atoms with Crippen LogP contribution in [0.3, 0.4) is 0 Å². The predicted molar refractivity (Wildman–Crippen MR) is 79.3 cm³/mol. The van der Waals surface area contributed by atoms with Gasteiger partial charge in [-0.15, -0.1) is 0 Å². The maximum absolute atomic E-state index is 12.5. The van der Waals surface area contributed by atoms with Crippen molar-refractivity contribution in [2.75, 3.05) is 24.6 Å². The molecule has 0 bridgehead atoms. The zero-order chi connectivity index (χ0) is 14.8. The highest BCUT2D eigenvalue weighted by molar-refractivity contribution is 6.02. The fourth-order valence-electron chi connectivity index (χ4n) is 3.02. The number of ether oxygens (including phenoxy) is 1. The Labute approximate surface area is 124 Å². The summed E-state index contributed by atoms with van der Waals surface area (Å²) in [4.78, 5) is 28.1. The molecule has 2 aliphatic heterocycles. The molecule has 5 nitrogen and oxygen atoms in total. The Bertz CT molecular complexity index is 558. The number of carbonyl (C=O) groups is 2. The minimum absolute atomic E-state index is 0.000152. The average Bonchev–Trinajstić information content (AvgIpc) is 2.50. The number of hydrogen-bond donors (Lipinski definition) is 0. The van der Waals surface area contributed by atoms with Crippen LogP contribution in [-0.2, 0) is 9.59 Å². The fraction of sp³-hybridized carbons (Fsp3) is 0.500. The predicted octanol–water partition coefficient (Wildman–Crippen LogP) is 1.81. The number of likely N-dealkylation sites (tertiary alicyclic amines) is 1. The molecule has 0 spiro atoms. The minimum atomic E-state index is -0.160. The third kappa shape index (κ3) is 2.73. The number of amides is 2. The van der Waals surface area contributed by atoms with E-state index in [1.165, 1.54) is 6.42 Å². The van der Waals surface area contributed by atoms with Crippen molar-refractivity contribution in [1.82, 2.24) is 4.90 Å². The van der Waals surface area contributed by atoms with Crippen LogP contribution in [0.25, 0.3) is 0 Å². The SMILES string of the molecule is CC1CCCCN1C(=O)CN1C(=O)COc2ccccc21. The molecule has 0 aliphatic carbocycles. The van der Waals surface area contributed by atoms with Crippen molar-refractivity contribution in [3.8, 4) is 5.75 Å². The van der Waals surface area contributed by atoms with E-state index in [4.69, 9.17) is 4.74 Å². The van der Waals surface area contributed by atoms with Gasteiger partial charge in [-0.1, -0.05) is 12.1 Å². The number of carbonyl (C=O) groups excluding carboxylic acids is 2. The second-order valence-corrected chi connectivity index (χ2v) is 5.67. The summed E-state index contributed by atoms with van der Waals surface area (Å²) in [5, 5.41) is 0. The van der Waals surface area contributed by atoms with E-state index in [9.17, 15) is 9.59 Å². The van der Waals surface area contributed by atoms with Crippen LogP contribution in [0.15, 0.2) is 24.3 Å². The second-order valence-electron chi connectivity index (χ2n) is 5.67. The van der Waals surface area contributed by atoms with Crippen molar-refractivity contribution in [1.29, 1.82) is 0 Å². The number of benzene rings is 1. The summed E-state index contributed by atoms with van der Waals surface area (Å²) in [6.07, 6.45) is 3.26. The fourth-order valence-corrected chi connectivity index (χ4v) is 3.02. The number of piperidine rings is 1. The molecule has 0 N–H and O–H groups in total. The molecule has 2 amide bonds. The van der Waals surface area contributed by atoms with Gasteiger partial charge in [0.15, 0.2) is 6.61 Å². The zero-order valence-electron chi connectivity index (χ0n) is 12.2. The van der Waals surface area contributed by atoms with Crippen LogP contribution in [0.4, 0.5) is 5.69 Å². The minimum Gasteiger partial charge on any atom is -0.482 e. The topological polar surface area (TPSA) is 49.9 Å². The number of nitrogens with zero attached hydrogens (tertiary/aromatic N) is 2. The van der Waals surface area contributed by atoms with Crippen LogP contribution in [-0.4, -0.2) is 42.5 Å². The van der Waals surface area contributed by atoms with Crippen molar-refractivity contribution in [3.05, 3.63) is 24.3 Å². The van der Waals surface area contributed by atoms with E-state index < -0.39 is 0 Å². The van der Waals surface area contributed by atoms with E-state index in [0.29, 0.717) is 11.4 Å². The second kappa shape index (κ2) is 5.76. The molecular formula is C16H20N2O3. The molecule has 1 atom stereocenters. The van der Waals surface area contributed by atoms with Gasteiger partial charge in [-0.25, -0.2) is 0 Å². The van der Waals surface area contributed by atoms with Gasteiger partial charge in [-0.3, -0.25) is 14.5 Å². The summed E-state index contributed by atoms with van der Waals surface area (Å²) in [5.74, 6) is 0.524. The van der Waals surface area contributed by atoms with Crippen LogP contribution in [0, 0.1) is 0 Å². The first kappa shape index (κ1) is 13.9. The molecule has 2 heterocycles. The van der Waals surface area contributed by atoms with Gasteiger partial charge in [0.05, 0.1) is 5.69 Å². The van der Waals surface area contributed by atoms with Gasteiger partial charge < -0.3 is 9.64 Å². The highest BCUT2D eigenvalue weighted by atomic mass is 16.5. The molecule has 1 aromatic rings. The van der Waals surface area contributed by atoms with Crippen molar-refractivity contribution in [3.63, 3.8) is 0 Å². The largest absolute Gasteiger partial charge is 0.482 e. The van der Waals surface area contributed by atoms with Crippen LogP contribution < -0.4 is 9.64 Å². The Hall–Kier alpha value is -2.04. The molecular weight excluding hydrogens is 268 g/mol. The molecule has 2 aliphatic rings. The molecule has 0 saturated carbocycles. The Morgan fingerprint density at radius 3 is 2.95 bits per heavy atom. The maximum Gasteiger partial charge on any atom is 0.265 e. The molecule has 1 saturated heterocycles. The molecule has 5 heteroatoms. The quantitative estimate of drug-likeness (QED) is 0.834. The van der Waals surface area contributed by atoms with E-state index >= 15 is 0 Å². The van der Waals surface area contributed by atoms with E-state index in [1.54, 1.807) is 4.90 Å². The Morgan fingerprint density at radius 2 is 2.14 bits per heavy atom. The third-order valence-electron chi connectivity index (χ3n) is 4.22.